The third kappa shape index (κ3) is 2.38. The Morgan fingerprint density at radius 1 is 1.44 bits per heavy atom. The van der Waals surface area contributed by atoms with Crippen molar-refractivity contribution in [2.24, 2.45) is 5.92 Å². The van der Waals surface area contributed by atoms with Gasteiger partial charge in [0.05, 0.1) is 15.5 Å². The molecule has 0 saturated heterocycles. The van der Waals surface area contributed by atoms with E-state index in [1.54, 1.807) is 6.07 Å². The third-order valence-corrected chi connectivity index (χ3v) is 4.44. The number of H-pyrrole nitrogens is 1. The Bertz CT molecular complexity index is 642. The Hall–Kier alpha value is -0.680. The van der Waals surface area contributed by atoms with E-state index in [0.717, 1.165) is 29.9 Å². The van der Waals surface area contributed by atoms with Crippen LogP contribution in [0.4, 0.5) is 4.39 Å². The number of fused-ring (bicyclic) bond motifs is 1. The molecular formula is C13H14BrFN2S. The van der Waals surface area contributed by atoms with Gasteiger partial charge in [0.15, 0.2) is 4.77 Å². The van der Waals surface area contributed by atoms with E-state index >= 15 is 0 Å². The molecule has 0 radical (unpaired) electrons. The molecule has 96 valence electrons. The van der Waals surface area contributed by atoms with Crippen LogP contribution in [0, 0.1) is 16.5 Å². The van der Waals surface area contributed by atoms with Gasteiger partial charge in [-0.25, -0.2) is 4.39 Å². The fourth-order valence-electron chi connectivity index (χ4n) is 2.32. The Morgan fingerprint density at radius 3 is 2.94 bits per heavy atom. The molecule has 1 N–H and O–H groups in total. The van der Waals surface area contributed by atoms with Crippen LogP contribution < -0.4 is 0 Å². The quantitative estimate of drug-likeness (QED) is 0.800. The first-order chi connectivity index (χ1) is 8.65. The Morgan fingerprint density at radius 2 is 2.22 bits per heavy atom. The van der Waals surface area contributed by atoms with Crippen LogP contribution >= 0.6 is 28.1 Å². The Balaban J connectivity index is 1.91. The summed E-state index contributed by atoms with van der Waals surface area (Å²) in [5.74, 6) is 0.678. The molecule has 5 heteroatoms. The molecule has 1 saturated carbocycles. The van der Waals surface area contributed by atoms with E-state index in [9.17, 15) is 4.39 Å². The Kier molecular flexibility index (Phi) is 3.28. The third-order valence-electron chi connectivity index (χ3n) is 3.51. The maximum Gasteiger partial charge on any atom is 0.178 e. The average molecular weight is 329 g/mol. The predicted molar refractivity (Wildman–Crippen MR) is 76.7 cm³/mol. The fraction of sp³-hybridized carbons (Fsp3) is 0.462. The van der Waals surface area contributed by atoms with Crippen molar-refractivity contribution in [3.63, 3.8) is 0 Å². The zero-order chi connectivity index (χ0) is 12.7. The van der Waals surface area contributed by atoms with Crippen molar-refractivity contribution in [3.8, 4) is 0 Å². The number of aryl methyl sites for hydroxylation is 1. The van der Waals surface area contributed by atoms with Gasteiger partial charge in [-0.05, 0) is 53.0 Å². The van der Waals surface area contributed by atoms with E-state index in [2.05, 4.69) is 25.5 Å². The molecule has 18 heavy (non-hydrogen) atoms. The first kappa shape index (κ1) is 12.4. The van der Waals surface area contributed by atoms with Crippen molar-refractivity contribution in [1.29, 1.82) is 0 Å². The van der Waals surface area contributed by atoms with Crippen molar-refractivity contribution in [1.82, 2.24) is 9.55 Å². The van der Waals surface area contributed by atoms with Gasteiger partial charge in [0.2, 0.25) is 0 Å². The van der Waals surface area contributed by atoms with Crippen LogP contribution in [-0.4, -0.2) is 9.55 Å². The van der Waals surface area contributed by atoms with Gasteiger partial charge >= 0.3 is 0 Å². The number of aromatic amines is 1. The van der Waals surface area contributed by atoms with Gasteiger partial charge in [-0.1, -0.05) is 12.8 Å². The summed E-state index contributed by atoms with van der Waals surface area (Å²) in [5.41, 5.74) is 1.75. The van der Waals surface area contributed by atoms with E-state index < -0.39 is 0 Å². The van der Waals surface area contributed by atoms with Crippen molar-refractivity contribution in [3.05, 3.63) is 27.2 Å². The zero-order valence-corrected chi connectivity index (χ0v) is 12.3. The van der Waals surface area contributed by atoms with E-state index in [4.69, 9.17) is 12.2 Å². The van der Waals surface area contributed by atoms with Crippen LogP contribution in [0.5, 0.6) is 0 Å². The second kappa shape index (κ2) is 4.78. The summed E-state index contributed by atoms with van der Waals surface area (Å²) in [4.78, 5) is 3.07. The van der Waals surface area contributed by atoms with Gasteiger partial charge in [-0.15, -0.1) is 0 Å². The van der Waals surface area contributed by atoms with Crippen LogP contribution in [0.3, 0.4) is 0 Å². The minimum absolute atomic E-state index is 0.260. The number of nitrogens with one attached hydrogen (secondary N) is 1. The van der Waals surface area contributed by atoms with Gasteiger partial charge in [-0.3, -0.25) is 0 Å². The highest BCUT2D eigenvalue weighted by Crippen LogP contribution is 2.33. The monoisotopic (exact) mass is 328 g/mol. The Labute approximate surface area is 118 Å². The second-order valence-corrected chi connectivity index (χ2v) is 6.19. The number of rotatable bonds is 4. The normalized spacial score (nSPS) is 15.4. The van der Waals surface area contributed by atoms with Gasteiger partial charge in [-0.2, -0.15) is 0 Å². The van der Waals surface area contributed by atoms with Crippen molar-refractivity contribution >= 4 is 39.2 Å². The van der Waals surface area contributed by atoms with Crippen molar-refractivity contribution < 1.29 is 4.39 Å². The van der Waals surface area contributed by atoms with Crippen molar-refractivity contribution in [2.45, 2.75) is 32.2 Å². The summed E-state index contributed by atoms with van der Waals surface area (Å²) in [6.07, 6.45) is 5.18. The standard InChI is InChI=1S/C13H14BrFN2S/c14-9-6-12-11(7-10(9)15)16-13(18)17(12)5-1-2-8-3-4-8/h6-8H,1-5H2,(H,16,18). The average Bonchev–Trinajstić information content (AvgIpc) is 3.09. The van der Waals surface area contributed by atoms with Crippen LogP contribution in [0.2, 0.25) is 0 Å². The highest BCUT2D eigenvalue weighted by Gasteiger charge is 2.20. The lowest BCUT2D eigenvalue weighted by atomic mass is 10.2. The molecule has 1 fully saturated rings. The molecule has 1 aromatic carbocycles. The molecule has 0 atom stereocenters. The molecule has 1 aromatic heterocycles. The highest BCUT2D eigenvalue weighted by atomic mass is 79.9. The number of aromatic nitrogens is 2. The summed E-state index contributed by atoms with van der Waals surface area (Å²) in [6, 6.07) is 3.29. The first-order valence-electron chi connectivity index (χ1n) is 6.22. The lowest BCUT2D eigenvalue weighted by Gasteiger charge is -2.04. The summed E-state index contributed by atoms with van der Waals surface area (Å²) < 4.78 is 16.7. The minimum Gasteiger partial charge on any atom is -0.330 e. The molecule has 2 aromatic rings. The fourth-order valence-corrected chi connectivity index (χ4v) is 2.95. The highest BCUT2D eigenvalue weighted by molar-refractivity contribution is 9.10. The van der Waals surface area contributed by atoms with Gasteiger partial charge in [0.25, 0.3) is 0 Å². The number of hydrogen-bond donors (Lipinski definition) is 1. The van der Waals surface area contributed by atoms with Crippen molar-refractivity contribution in [2.75, 3.05) is 0 Å². The predicted octanol–water partition coefficient (Wildman–Crippen LogP) is 4.79. The number of halogens is 2. The van der Waals surface area contributed by atoms with Crippen LogP contribution in [-0.2, 0) is 6.54 Å². The molecule has 1 heterocycles. The number of hydrogen-bond acceptors (Lipinski definition) is 1. The van der Waals surface area contributed by atoms with Crippen LogP contribution in [0.15, 0.2) is 16.6 Å². The molecule has 0 spiro atoms. The zero-order valence-electron chi connectivity index (χ0n) is 9.88. The van der Waals surface area contributed by atoms with Gasteiger partial charge in [0.1, 0.15) is 5.82 Å². The smallest absolute Gasteiger partial charge is 0.178 e. The lowest BCUT2D eigenvalue weighted by Crippen LogP contribution is -1.98. The first-order valence-corrected chi connectivity index (χ1v) is 7.43. The molecule has 0 unspecified atom stereocenters. The summed E-state index contributed by atoms with van der Waals surface area (Å²) in [5, 5.41) is 0. The molecule has 1 aliphatic carbocycles. The van der Waals surface area contributed by atoms with E-state index in [-0.39, 0.29) is 5.82 Å². The number of imidazole rings is 1. The molecule has 0 bridgehead atoms. The topological polar surface area (TPSA) is 20.7 Å². The summed E-state index contributed by atoms with van der Waals surface area (Å²) in [7, 11) is 0. The molecule has 3 rings (SSSR count). The largest absolute Gasteiger partial charge is 0.330 e. The summed E-state index contributed by atoms with van der Waals surface area (Å²) in [6.45, 7) is 0.910. The minimum atomic E-state index is -0.260. The number of nitrogens with zero attached hydrogens (tertiary/aromatic N) is 1. The molecule has 0 amide bonds. The van der Waals surface area contributed by atoms with Gasteiger partial charge in [0, 0.05) is 12.6 Å². The summed E-state index contributed by atoms with van der Waals surface area (Å²) >= 11 is 8.53. The van der Waals surface area contributed by atoms with E-state index in [0.29, 0.717) is 9.24 Å². The second-order valence-electron chi connectivity index (χ2n) is 4.95. The number of benzene rings is 1. The maximum absolute atomic E-state index is 13.4. The maximum atomic E-state index is 13.4. The van der Waals surface area contributed by atoms with Gasteiger partial charge < -0.3 is 9.55 Å². The van der Waals surface area contributed by atoms with E-state index in [1.165, 1.54) is 25.3 Å². The molecule has 1 aliphatic rings. The molecule has 2 nitrogen and oxygen atoms in total. The lowest BCUT2D eigenvalue weighted by molar-refractivity contribution is 0.582. The van der Waals surface area contributed by atoms with E-state index in [1.807, 2.05) is 0 Å². The van der Waals surface area contributed by atoms with Crippen LogP contribution in [0.1, 0.15) is 25.7 Å². The van der Waals surface area contributed by atoms with Crippen LogP contribution in [0.25, 0.3) is 11.0 Å². The molecule has 0 aliphatic heterocycles. The SMILES string of the molecule is Fc1cc2[nH]c(=S)n(CCCC3CC3)c2cc1Br. The molecular weight excluding hydrogens is 315 g/mol.